The van der Waals surface area contributed by atoms with E-state index in [-0.39, 0.29) is 6.61 Å². The molecule has 0 aliphatic heterocycles. The van der Waals surface area contributed by atoms with Crippen molar-refractivity contribution in [2.45, 2.75) is 25.0 Å². The fraction of sp³-hybridized carbons (Fsp3) is 0.417. The van der Waals surface area contributed by atoms with E-state index in [0.717, 1.165) is 5.56 Å². The van der Waals surface area contributed by atoms with Gasteiger partial charge >= 0.3 is 0 Å². The first-order valence-corrected chi connectivity index (χ1v) is 5.15. The van der Waals surface area contributed by atoms with Crippen LogP contribution in [0, 0.1) is 11.3 Å². The molecular formula is C12H15NO3. The summed E-state index contributed by atoms with van der Waals surface area (Å²) in [6, 6.07) is 8.66. The van der Waals surface area contributed by atoms with Gasteiger partial charge in [-0.1, -0.05) is 24.3 Å². The number of aliphatic hydroxyl groups excluding tert-OH is 3. The average molecular weight is 221 g/mol. The summed E-state index contributed by atoms with van der Waals surface area (Å²) in [5.74, 6) is 0. The highest BCUT2D eigenvalue weighted by Gasteiger charge is 2.19. The molecule has 0 radical (unpaired) electrons. The Morgan fingerprint density at radius 3 is 2.56 bits per heavy atom. The first-order chi connectivity index (χ1) is 7.70. The van der Waals surface area contributed by atoms with Gasteiger partial charge in [-0.3, -0.25) is 0 Å². The molecule has 2 unspecified atom stereocenters. The molecule has 0 spiro atoms. The van der Waals surface area contributed by atoms with Crippen LogP contribution in [0.15, 0.2) is 24.3 Å². The molecule has 1 rings (SSSR count). The zero-order chi connectivity index (χ0) is 12.0. The van der Waals surface area contributed by atoms with Gasteiger partial charge < -0.3 is 15.3 Å². The smallest absolute Gasteiger partial charge is 0.170 e. The van der Waals surface area contributed by atoms with Crippen molar-refractivity contribution in [1.82, 2.24) is 0 Å². The van der Waals surface area contributed by atoms with Crippen LogP contribution in [0.3, 0.4) is 0 Å². The molecule has 86 valence electrons. The number of aryl methyl sites for hydroxylation is 1. The first-order valence-electron chi connectivity index (χ1n) is 5.15. The lowest BCUT2D eigenvalue weighted by atomic mass is 9.96. The number of rotatable bonds is 5. The summed E-state index contributed by atoms with van der Waals surface area (Å²) in [6.45, 7) is 0.0746. The van der Waals surface area contributed by atoms with E-state index < -0.39 is 12.2 Å². The number of hydrogen-bond acceptors (Lipinski definition) is 4. The summed E-state index contributed by atoms with van der Waals surface area (Å²) < 4.78 is 0. The second kappa shape index (κ2) is 6.23. The Hall–Kier alpha value is -1.41. The van der Waals surface area contributed by atoms with E-state index in [2.05, 4.69) is 0 Å². The fourth-order valence-corrected chi connectivity index (χ4v) is 1.56. The monoisotopic (exact) mass is 221 g/mol. The molecule has 0 saturated carbocycles. The fourth-order valence-electron chi connectivity index (χ4n) is 1.56. The Morgan fingerprint density at radius 2 is 1.94 bits per heavy atom. The summed E-state index contributed by atoms with van der Waals surface area (Å²) in [6.07, 6.45) is -1.41. The van der Waals surface area contributed by atoms with Crippen LogP contribution in [0.2, 0.25) is 0 Å². The Morgan fingerprint density at radius 1 is 1.25 bits per heavy atom. The topological polar surface area (TPSA) is 84.5 Å². The van der Waals surface area contributed by atoms with Crippen molar-refractivity contribution in [2.75, 3.05) is 6.61 Å². The summed E-state index contributed by atoms with van der Waals surface area (Å²) in [7, 11) is 0. The maximum absolute atomic E-state index is 9.73. The summed E-state index contributed by atoms with van der Waals surface area (Å²) >= 11 is 0. The van der Waals surface area contributed by atoms with Crippen LogP contribution in [0.5, 0.6) is 0 Å². The predicted molar refractivity (Wildman–Crippen MR) is 58.4 cm³/mol. The molecule has 0 aliphatic carbocycles. The van der Waals surface area contributed by atoms with Gasteiger partial charge in [-0.05, 0) is 24.0 Å². The van der Waals surface area contributed by atoms with Crippen LogP contribution in [-0.2, 0) is 6.42 Å². The lowest BCUT2D eigenvalue weighted by Gasteiger charge is -2.16. The first kappa shape index (κ1) is 12.7. The van der Waals surface area contributed by atoms with Crippen LogP contribution in [0.25, 0.3) is 0 Å². The van der Waals surface area contributed by atoms with Crippen molar-refractivity contribution in [3.8, 4) is 6.07 Å². The van der Waals surface area contributed by atoms with E-state index in [1.807, 2.05) is 12.1 Å². The Labute approximate surface area is 94.4 Å². The molecule has 0 aliphatic rings. The van der Waals surface area contributed by atoms with E-state index in [9.17, 15) is 10.2 Å². The minimum atomic E-state index is -1.42. The molecule has 0 fully saturated rings. The van der Waals surface area contributed by atoms with Gasteiger partial charge in [-0.2, -0.15) is 5.26 Å². The largest absolute Gasteiger partial charge is 0.396 e. The van der Waals surface area contributed by atoms with E-state index >= 15 is 0 Å². The van der Waals surface area contributed by atoms with Crippen LogP contribution >= 0.6 is 0 Å². The molecule has 0 heterocycles. The standard InChI is InChI=1S/C12H15NO3/c13-8-11(15)12(16)10-6-2-1-4-9(10)5-3-7-14/h1-2,4,6,11-12,14-16H,3,5,7H2. The van der Waals surface area contributed by atoms with Gasteiger partial charge in [0, 0.05) is 6.61 Å². The van der Waals surface area contributed by atoms with E-state index in [1.54, 1.807) is 18.2 Å². The maximum Gasteiger partial charge on any atom is 0.170 e. The second-order valence-corrected chi connectivity index (χ2v) is 3.54. The highest BCUT2D eigenvalue weighted by Crippen LogP contribution is 2.21. The number of benzene rings is 1. The average Bonchev–Trinajstić information content (AvgIpc) is 2.34. The van der Waals surface area contributed by atoms with E-state index in [4.69, 9.17) is 10.4 Å². The lowest BCUT2D eigenvalue weighted by molar-refractivity contribution is 0.0521. The van der Waals surface area contributed by atoms with Gasteiger partial charge in [-0.25, -0.2) is 0 Å². The molecule has 1 aromatic rings. The van der Waals surface area contributed by atoms with Crippen molar-refractivity contribution in [2.24, 2.45) is 0 Å². The normalized spacial score (nSPS) is 14.1. The van der Waals surface area contributed by atoms with E-state index in [0.29, 0.717) is 18.4 Å². The zero-order valence-corrected chi connectivity index (χ0v) is 8.87. The van der Waals surface area contributed by atoms with Gasteiger partial charge in [-0.15, -0.1) is 0 Å². The summed E-state index contributed by atoms with van der Waals surface area (Å²) in [5, 5.41) is 36.3. The molecule has 3 N–H and O–H groups in total. The van der Waals surface area contributed by atoms with E-state index in [1.165, 1.54) is 0 Å². The molecule has 2 atom stereocenters. The molecule has 1 aromatic carbocycles. The summed E-state index contributed by atoms with van der Waals surface area (Å²) in [4.78, 5) is 0. The second-order valence-electron chi connectivity index (χ2n) is 3.54. The molecule has 16 heavy (non-hydrogen) atoms. The third kappa shape index (κ3) is 3.04. The van der Waals surface area contributed by atoms with Crippen LogP contribution in [0.1, 0.15) is 23.7 Å². The third-order valence-electron chi connectivity index (χ3n) is 2.41. The van der Waals surface area contributed by atoms with Crippen LogP contribution in [0.4, 0.5) is 0 Å². The molecule has 0 bridgehead atoms. The quantitative estimate of drug-likeness (QED) is 0.633. The van der Waals surface area contributed by atoms with Crippen molar-refractivity contribution in [3.05, 3.63) is 35.4 Å². The van der Waals surface area contributed by atoms with Gasteiger partial charge in [0.25, 0.3) is 0 Å². The molecule has 4 nitrogen and oxygen atoms in total. The Balaban J connectivity index is 2.90. The number of nitriles is 1. The predicted octanol–water partition coefficient (Wildman–Crippen LogP) is 0.529. The van der Waals surface area contributed by atoms with Crippen molar-refractivity contribution in [3.63, 3.8) is 0 Å². The molecular weight excluding hydrogens is 206 g/mol. The zero-order valence-electron chi connectivity index (χ0n) is 8.87. The molecule has 0 aromatic heterocycles. The van der Waals surface area contributed by atoms with Gasteiger partial charge in [0.05, 0.1) is 6.07 Å². The number of nitrogens with zero attached hydrogens (tertiary/aromatic N) is 1. The number of aliphatic hydroxyl groups is 3. The van der Waals surface area contributed by atoms with Gasteiger partial charge in [0.2, 0.25) is 0 Å². The molecule has 4 heteroatoms. The Bertz CT molecular complexity index is 373. The highest BCUT2D eigenvalue weighted by atomic mass is 16.3. The summed E-state index contributed by atoms with van der Waals surface area (Å²) in [5.41, 5.74) is 1.39. The minimum Gasteiger partial charge on any atom is -0.396 e. The SMILES string of the molecule is N#CC(O)C(O)c1ccccc1CCCO. The van der Waals surface area contributed by atoms with Crippen LogP contribution < -0.4 is 0 Å². The maximum atomic E-state index is 9.73. The Kier molecular flexibility index (Phi) is 4.93. The number of hydrogen-bond donors (Lipinski definition) is 3. The third-order valence-corrected chi connectivity index (χ3v) is 2.41. The minimum absolute atomic E-state index is 0.0746. The molecule has 0 saturated heterocycles. The van der Waals surface area contributed by atoms with Gasteiger partial charge in [0.15, 0.2) is 6.10 Å². The van der Waals surface area contributed by atoms with Crippen molar-refractivity contribution in [1.29, 1.82) is 5.26 Å². The van der Waals surface area contributed by atoms with Gasteiger partial charge in [0.1, 0.15) is 6.10 Å². The lowest BCUT2D eigenvalue weighted by Crippen LogP contribution is -2.17. The van der Waals surface area contributed by atoms with Crippen molar-refractivity contribution < 1.29 is 15.3 Å². The van der Waals surface area contributed by atoms with Crippen LogP contribution in [-0.4, -0.2) is 28.0 Å². The highest BCUT2D eigenvalue weighted by molar-refractivity contribution is 5.30. The molecule has 0 amide bonds. The van der Waals surface area contributed by atoms with Crippen molar-refractivity contribution >= 4 is 0 Å².